The first kappa shape index (κ1) is 19.3. The molecule has 24 heavy (non-hydrogen) atoms. The lowest BCUT2D eigenvalue weighted by Crippen LogP contribution is -2.39. The second-order valence-electron chi connectivity index (χ2n) is 7.43. The highest BCUT2D eigenvalue weighted by Crippen LogP contribution is 2.37. The molecule has 1 saturated carbocycles. The Balaban J connectivity index is 0.00000208. The van der Waals surface area contributed by atoms with Crippen LogP contribution in [0.1, 0.15) is 57.1 Å². The maximum atomic E-state index is 12.6. The van der Waals surface area contributed by atoms with Crippen molar-refractivity contribution >= 4 is 18.3 Å². The van der Waals surface area contributed by atoms with E-state index in [1.54, 1.807) is 0 Å². The zero-order chi connectivity index (χ0) is 16.1. The first-order valence-corrected chi connectivity index (χ1v) is 9.29. The van der Waals surface area contributed by atoms with Crippen LogP contribution in [0.25, 0.3) is 0 Å². The van der Waals surface area contributed by atoms with Crippen LogP contribution in [0.2, 0.25) is 0 Å². The highest BCUT2D eigenvalue weighted by atomic mass is 35.5. The molecule has 0 aromatic heterocycles. The molecule has 4 heteroatoms. The number of halogens is 1. The van der Waals surface area contributed by atoms with Crippen molar-refractivity contribution in [1.29, 1.82) is 0 Å². The van der Waals surface area contributed by atoms with E-state index in [0.717, 1.165) is 13.1 Å². The van der Waals surface area contributed by atoms with Gasteiger partial charge in [0.1, 0.15) is 0 Å². The molecule has 1 saturated heterocycles. The smallest absolute Gasteiger partial charge is 0.220 e. The molecule has 3 atom stereocenters. The highest BCUT2D eigenvalue weighted by Gasteiger charge is 2.30. The van der Waals surface area contributed by atoms with Crippen molar-refractivity contribution in [3.05, 3.63) is 35.9 Å². The number of carbonyl (C=O) groups is 1. The Morgan fingerprint density at radius 2 is 1.88 bits per heavy atom. The van der Waals surface area contributed by atoms with Gasteiger partial charge < -0.3 is 10.6 Å². The van der Waals surface area contributed by atoms with Gasteiger partial charge in [0.15, 0.2) is 0 Å². The number of piperidine rings is 1. The van der Waals surface area contributed by atoms with Gasteiger partial charge in [-0.15, -0.1) is 12.4 Å². The number of hydrogen-bond acceptors (Lipinski definition) is 2. The second-order valence-corrected chi connectivity index (χ2v) is 7.43. The van der Waals surface area contributed by atoms with E-state index in [4.69, 9.17) is 0 Å². The fourth-order valence-electron chi connectivity index (χ4n) is 3.96. The summed E-state index contributed by atoms with van der Waals surface area (Å²) >= 11 is 0. The third kappa shape index (κ3) is 4.97. The average Bonchev–Trinajstić information content (AvgIpc) is 2.54. The van der Waals surface area contributed by atoms with Gasteiger partial charge in [0.05, 0.1) is 6.04 Å². The van der Waals surface area contributed by atoms with Crippen LogP contribution in [0.5, 0.6) is 0 Å². The maximum absolute atomic E-state index is 12.6. The largest absolute Gasteiger partial charge is 0.349 e. The third-order valence-electron chi connectivity index (χ3n) is 5.74. The molecule has 0 spiro atoms. The Kier molecular flexibility index (Phi) is 7.57. The van der Waals surface area contributed by atoms with Gasteiger partial charge in [-0.3, -0.25) is 4.79 Å². The van der Waals surface area contributed by atoms with Gasteiger partial charge in [-0.2, -0.15) is 0 Å². The molecule has 1 aromatic carbocycles. The summed E-state index contributed by atoms with van der Waals surface area (Å²) in [6.45, 7) is 4.44. The Morgan fingerprint density at radius 1 is 1.17 bits per heavy atom. The molecule has 1 amide bonds. The Labute approximate surface area is 152 Å². The molecule has 3 unspecified atom stereocenters. The molecular formula is C20H31ClN2O. The SMILES string of the molecule is CC(CC(=O)NC(c1ccccc1)C1CCC1)C1CCCNC1.Cl. The van der Waals surface area contributed by atoms with E-state index in [-0.39, 0.29) is 24.4 Å². The lowest BCUT2D eigenvalue weighted by Gasteiger charge is -2.35. The molecule has 2 fully saturated rings. The van der Waals surface area contributed by atoms with E-state index in [9.17, 15) is 4.79 Å². The molecule has 3 nitrogen and oxygen atoms in total. The molecule has 134 valence electrons. The van der Waals surface area contributed by atoms with Gasteiger partial charge in [0, 0.05) is 6.42 Å². The topological polar surface area (TPSA) is 41.1 Å². The quantitative estimate of drug-likeness (QED) is 0.811. The number of benzene rings is 1. The summed E-state index contributed by atoms with van der Waals surface area (Å²) in [4.78, 5) is 12.6. The van der Waals surface area contributed by atoms with Crippen molar-refractivity contribution in [3.8, 4) is 0 Å². The van der Waals surface area contributed by atoms with Gasteiger partial charge in [-0.25, -0.2) is 0 Å². The van der Waals surface area contributed by atoms with Gasteiger partial charge in [0.25, 0.3) is 0 Å². The Hall–Kier alpha value is -1.06. The summed E-state index contributed by atoms with van der Waals surface area (Å²) in [5.74, 6) is 1.95. The van der Waals surface area contributed by atoms with E-state index < -0.39 is 0 Å². The third-order valence-corrected chi connectivity index (χ3v) is 5.74. The lowest BCUT2D eigenvalue weighted by molar-refractivity contribution is -0.123. The van der Waals surface area contributed by atoms with E-state index in [1.807, 2.05) is 6.07 Å². The van der Waals surface area contributed by atoms with E-state index >= 15 is 0 Å². The molecule has 1 heterocycles. The highest BCUT2D eigenvalue weighted by molar-refractivity contribution is 5.85. The summed E-state index contributed by atoms with van der Waals surface area (Å²) in [6.07, 6.45) is 6.93. The van der Waals surface area contributed by atoms with E-state index in [2.05, 4.69) is 41.8 Å². The van der Waals surface area contributed by atoms with Crippen LogP contribution in [0.4, 0.5) is 0 Å². The van der Waals surface area contributed by atoms with Crippen molar-refractivity contribution in [2.75, 3.05) is 13.1 Å². The van der Waals surface area contributed by atoms with Crippen LogP contribution < -0.4 is 10.6 Å². The summed E-state index contributed by atoms with van der Waals surface area (Å²) in [5.41, 5.74) is 1.26. The van der Waals surface area contributed by atoms with Gasteiger partial charge >= 0.3 is 0 Å². The van der Waals surface area contributed by atoms with Crippen LogP contribution in [0.3, 0.4) is 0 Å². The predicted octanol–water partition coefficient (Wildman–Crippen LogP) is 4.09. The van der Waals surface area contributed by atoms with Crippen molar-refractivity contribution in [2.45, 2.75) is 51.5 Å². The number of rotatable bonds is 6. The summed E-state index contributed by atoms with van der Waals surface area (Å²) in [6, 6.07) is 10.7. The normalized spacial score (nSPS) is 23.5. The number of hydrogen-bond donors (Lipinski definition) is 2. The maximum Gasteiger partial charge on any atom is 0.220 e. The first-order valence-electron chi connectivity index (χ1n) is 9.29. The zero-order valence-corrected chi connectivity index (χ0v) is 15.5. The van der Waals surface area contributed by atoms with Crippen LogP contribution in [-0.2, 0) is 4.79 Å². The first-order chi connectivity index (χ1) is 11.2. The van der Waals surface area contributed by atoms with Crippen LogP contribution >= 0.6 is 12.4 Å². The molecule has 1 aliphatic heterocycles. The van der Waals surface area contributed by atoms with Gasteiger partial charge in [0.2, 0.25) is 5.91 Å². The van der Waals surface area contributed by atoms with Crippen molar-refractivity contribution in [3.63, 3.8) is 0 Å². The number of carbonyl (C=O) groups excluding carboxylic acids is 1. The minimum atomic E-state index is 0. The minimum absolute atomic E-state index is 0. The average molecular weight is 351 g/mol. The molecule has 0 radical (unpaired) electrons. The monoisotopic (exact) mass is 350 g/mol. The molecule has 2 aliphatic rings. The molecule has 0 bridgehead atoms. The summed E-state index contributed by atoms with van der Waals surface area (Å²) < 4.78 is 0. The van der Waals surface area contributed by atoms with Crippen molar-refractivity contribution < 1.29 is 4.79 Å². The number of amides is 1. The van der Waals surface area contributed by atoms with Crippen LogP contribution in [0, 0.1) is 17.8 Å². The minimum Gasteiger partial charge on any atom is -0.349 e. The summed E-state index contributed by atoms with van der Waals surface area (Å²) in [5, 5.41) is 6.81. The van der Waals surface area contributed by atoms with E-state index in [0.29, 0.717) is 24.2 Å². The summed E-state index contributed by atoms with van der Waals surface area (Å²) in [7, 11) is 0. The second kappa shape index (κ2) is 9.43. The zero-order valence-electron chi connectivity index (χ0n) is 14.7. The Morgan fingerprint density at radius 3 is 2.46 bits per heavy atom. The van der Waals surface area contributed by atoms with Gasteiger partial charge in [-0.1, -0.05) is 43.7 Å². The predicted molar refractivity (Wildman–Crippen MR) is 101 cm³/mol. The standard InChI is InChI=1S/C20H30N2O.ClH/c1-15(18-11-6-12-21-14-18)13-19(23)22-20(17-9-5-10-17)16-7-3-2-4-8-16;/h2-4,7-8,15,17-18,20-21H,5-6,9-14H2,1H3,(H,22,23);1H. The van der Waals surface area contributed by atoms with E-state index in [1.165, 1.54) is 37.7 Å². The molecule has 1 aromatic rings. The lowest BCUT2D eigenvalue weighted by atomic mass is 9.77. The molecular weight excluding hydrogens is 320 g/mol. The molecule has 1 aliphatic carbocycles. The number of nitrogens with one attached hydrogen (secondary N) is 2. The van der Waals surface area contributed by atoms with Crippen LogP contribution in [0.15, 0.2) is 30.3 Å². The molecule has 3 rings (SSSR count). The van der Waals surface area contributed by atoms with Crippen LogP contribution in [-0.4, -0.2) is 19.0 Å². The Bertz CT molecular complexity index is 498. The molecule has 2 N–H and O–H groups in total. The fraction of sp³-hybridized carbons (Fsp3) is 0.650. The van der Waals surface area contributed by atoms with Gasteiger partial charge in [-0.05, 0) is 62.1 Å². The van der Waals surface area contributed by atoms with Crippen molar-refractivity contribution in [2.24, 2.45) is 17.8 Å². The fourth-order valence-corrected chi connectivity index (χ4v) is 3.96. The van der Waals surface area contributed by atoms with Crippen molar-refractivity contribution in [1.82, 2.24) is 10.6 Å².